The topological polar surface area (TPSA) is 26.3 Å². The predicted molar refractivity (Wildman–Crippen MR) is 115 cm³/mol. The summed E-state index contributed by atoms with van der Waals surface area (Å²) in [5.74, 6) is 5.03. The molecule has 0 heterocycles. The van der Waals surface area contributed by atoms with E-state index in [4.69, 9.17) is 4.74 Å². The molecule has 0 spiro atoms. The number of esters is 1. The van der Waals surface area contributed by atoms with Gasteiger partial charge in [0, 0.05) is 0 Å². The standard InChI is InChI=1S/C26H44O2/c1-19-7-9-21(10-8-19)22-11-13-24(14-12-22)26(27)28-25-17-15-23(16-18-25)20-5-3-2-4-6-20/h19-25H,2-18H2,1H3. The first-order valence-corrected chi connectivity index (χ1v) is 12.9. The maximum atomic E-state index is 12.8. The molecule has 4 rings (SSSR count). The molecule has 0 bridgehead atoms. The summed E-state index contributed by atoms with van der Waals surface area (Å²) in [5.41, 5.74) is 0. The van der Waals surface area contributed by atoms with Gasteiger partial charge < -0.3 is 4.74 Å². The van der Waals surface area contributed by atoms with Crippen molar-refractivity contribution < 1.29 is 9.53 Å². The second-order valence-corrected chi connectivity index (χ2v) is 11.0. The average Bonchev–Trinajstić information content (AvgIpc) is 2.75. The van der Waals surface area contributed by atoms with Crippen LogP contribution in [0.5, 0.6) is 0 Å². The summed E-state index contributed by atoms with van der Waals surface area (Å²) in [6.45, 7) is 2.41. The third-order valence-corrected chi connectivity index (χ3v) is 9.15. The van der Waals surface area contributed by atoms with Gasteiger partial charge in [-0.2, -0.15) is 0 Å². The number of rotatable bonds is 4. The summed E-state index contributed by atoms with van der Waals surface area (Å²) in [6, 6.07) is 0. The van der Waals surface area contributed by atoms with Gasteiger partial charge >= 0.3 is 5.97 Å². The van der Waals surface area contributed by atoms with E-state index in [0.29, 0.717) is 0 Å². The van der Waals surface area contributed by atoms with Crippen LogP contribution in [-0.2, 0) is 9.53 Å². The highest BCUT2D eigenvalue weighted by molar-refractivity contribution is 5.72. The van der Waals surface area contributed by atoms with Crippen LogP contribution in [0.1, 0.15) is 116 Å². The fraction of sp³-hybridized carbons (Fsp3) is 0.962. The lowest BCUT2D eigenvalue weighted by Crippen LogP contribution is -2.33. The summed E-state index contributed by atoms with van der Waals surface area (Å²) >= 11 is 0. The van der Waals surface area contributed by atoms with Gasteiger partial charge in [-0.15, -0.1) is 0 Å². The van der Waals surface area contributed by atoms with Crippen LogP contribution in [0.15, 0.2) is 0 Å². The molecular formula is C26H44O2. The number of carbonyl (C=O) groups is 1. The molecule has 0 N–H and O–H groups in total. The molecule has 0 unspecified atom stereocenters. The van der Waals surface area contributed by atoms with Crippen molar-refractivity contribution in [3.8, 4) is 0 Å². The predicted octanol–water partition coefficient (Wildman–Crippen LogP) is 7.30. The van der Waals surface area contributed by atoms with Gasteiger partial charge in [-0.3, -0.25) is 4.79 Å². The maximum absolute atomic E-state index is 12.8. The summed E-state index contributed by atoms with van der Waals surface area (Å²) < 4.78 is 6.02. The minimum absolute atomic E-state index is 0.150. The molecule has 28 heavy (non-hydrogen) atoms. The van der Waals surface area contributed by atoms with Crippen molar-refractivity contribution in [3.63, 3.8) is 0 Å². The summed E-state index contributed by atoms with van der Waals surface area (Å²) in [6.07, 6.45) is 22.8. The number of hydrogen-bond acceptors (Lipinski definition) is 2. The molecule has 4 fully saturated rings. The molecule has 160 valence electrons. The Kier molecular flexibility index (Phi) is 7.39. The minimum Gasteiger partial charge on any atom is -0.462 e. The Morgan fingerprint density at radius 1 is 0.571 bits per heavy atom. The second kappa shape index (κ2) is 9.98. The van der Waals surface area contributed by atoms with Gasteiger partial charge in [0.05, 0.1) is 5.92 Å². The Morgan fingerprint density at radius 3 is 1.61 bits per heavy atom. The number of carbonyl (C=O) groups excluding carboxylic acids is 1. The first kappa shape index (κ1) is 20.7. The molecule has 0 amide bonds. The lowest BCUT2D eigenvalue weighted by atomic mass is 9.69. The zero-order chi connectivity index (χ0) is 19.3. The largest absolute Gasteiger partial charge is 0.462 e. The fourth-order valence-electron chi connectivity index (χ4n) is 7.13. The van der Waals surface area contributed by atoms with E-state index in [9.17, 15) is 4.79 Å². The van der Waals surface area contributed by atoms with Crippen LogP contribution in [0.2, 0.25) is 0 Å². The van der Waals surface area contributed by atoms with Gasteiger partial charge in [0.25, 0.3) is 0 Å². The van der Waals surface area contributed by atoms with E-state index in [1.807, 2.05) is 0 Å². The maximum Gasteiger partial charge on any atom is 0.309 e. The molecule has 2 heteroatoms. The van der Waals surface area contributed by atoms with Crippen molar-refractivity contribution in [1.29, 1.82) is 0 Å². The lowest BCUT2D eigenvalue weighted by Gasteiger charge is -2.38. The summed E-state index contributed by atoms with van der Waals surface area (Å²) in [5, 5.41) is 0. The van der Waals surface area contributed by atoms with Crippen molar-refractivity contribution >= 4 is 5.97 Å². The van der Waals surface area contributed by atoms with Crippen LogP contribution in [0.4, 0.5) is 0 Å². The molecule has 0 atom stereocenters. The van der Waals surface area contributed by atoms with Crippen LogP contribution in [0.25, 0.3) is 0 Å². The Morgan fingerprint density at radius 2 is 1.04 bits per heavy atom. The molecule has 0 aliphatic heterocycles. The Labute approximate surface area is 173 Å². The first-order valence-electron chi connectivity index (χ1n) is 12.9. The van der Waals surface area contributed by atoms with E-state index in [-0.39, 0.29) is 18.0 Å². The molecule has 4 aliphatic rings. The Hall–Kier alpha value is -0.530. The fourth-order valence-corrected chi connectivity index (χ4v) is 7.13. The van der Waals surface area contributed by atoms with Crippen LogP contribution in [0, 0.1) is 35.5 Å². The highest BCUT2D eigenvalue weighted by Gasteiger charge is 2.35. The van der Waals surface area contributed by atoms with Gasteiger partial charge in [0.1, 0.15) is 6.10 Å². The van der Waals surface area contributed by atoms with Crippen LogP contribution in [-0.4, -0.2) is 12.1 Å². The van der Waals surface area contributed by atoms with Gasteiger partial charge in [-0.05, 0) is 93.8 Å². The Bertz CT molecular complexity index is 471. The second-order valence-electron chi connectivity index (χ2n) is 11.0. The normalized spacial score (nSPS) is 40.8. The van der Waals surface area contributed by atoms with Gasteiger partial charge in [0.15, 0.2) is 0 Å². The molecule has 2 nitrogen and oxygen atoms in total. The zero-order valence-electron chi connectivity index (χ0n) is 18.4. The molecule has 0 radical (unpaired) electrons. The molecule has 0 saturated heterocycles. The van der Waals surface area contributed by atoms with Crippen molar-refractivity contribution in [1.82, 2.24) is 0 Å². The Balaban J connectivity index is 1.15. The van der Waals surface area contributed by atoms with E-state index >= 15 is 0 Å². The van der Waals surface area contributed by atoms with Crippen LogP contribution in [0.3, 0.4) is 0 Å². The monoisotopic (exact) mass is 388 g/mol. The average molecular weight is 389 g/mol. The molecular weight excluding hydrogens is 344 g/mol. The van der Waals surface area contributed by atoms with Crippen molar-refractivity contribution in [2.45, 2.75) is 122 Å². The highest BCUT2D eigenvalue weighted by Crippen LogP contribution is 2.42. The number of hydrogen-bond donors (Lipinski definition) is 0. The summed E-state index contributed by atoms with van der Waals surface area (Å²) in [4.78, 5) is 12.8. The molecule has 0 aromatic heterocycles. The quantitative estimate of drug-likeness (QED) is 0.472. The minimum atomic E-state index is 0.150. The van der Waals surface area contributed by atoms with Gasteiger partial charge in [0.2, 0.25) is 0 Å². The third-order valence-electron chi connectivity index (χ3n) is 9.15. The van der Waals surface area contributed by atoms with Crippen LogP contribution >= 0.6 is 0 Å². The SMILES string of the molecule is CC1CCC(C2CCC(C(=O)OC3CCC(C4CCCCC4)CC3)CC2)CC1. The highest BCUT2D eigenvalue weighted by atomic mass is 16.5. The lowest BCUT2D eigenvalue weighted by molar-refractivity contribution is -0.158. The van der Waals surface area contributed by atoms with Crippen molar-refractivity contribution in [2.75, 3.05) is 0 Å². The zero-order valence-corrected chi connectivity index (χ0v) is 18.4. The van der Waals surface area contributed by atoms with E-state index < -0.39 is 0 Å². The molecule has 0 aromatic carbocycles. The third kappa shape index (κ3) is 5.33. The van der Waals surface area contributed by atoms with E-state index in [0.717, 1.165) is 55.3 Å². The van der Waals surface area contributed by atoms with E-state index in [2.05, 4.69) is 6.92 Å². The smallest absolute Gasteiger partial charge is 0.309 e. The molecule has 4 aliphatic carbocycles. The van der Waals surface area contributed by atoms with E-state index in [1.165, 1.54) is 83.5 Å². The first-order chi connectivity index (χ1) is 13.7. The molecule has 0 aromatic rings. The van der Waals surface area contributed by atoms with Crippen molar-refractivity contribution in [3.05, 3.63) is 0 Å². The summed E-state index contributed by atoms with van der Waals surface area (Å²) in [7, 11) is 0. The van der Waals surface area contributed by atoms with E-state index in [1.54, 1.807) is 0 Å². The van der Waals surface area contributed by atoms with Gasteiger partial charge in [-0.1, -0.05) is 51.9 Å². The van der Waals surface area contributed by atoms with Crippen molar-refractivity contribution in [2.24, 2.45) is 35.5 Å². The van der Waals surface area contributed by atoms with Gasteiger partial charge in [-0.25, -0.2) is 0 Å². The van der Waals surface area contributed by atoms with Crippen LogP contribution < -0.4 is 0 Å². The number of ether oxygens (including phenoxy) is 1. The molecule has 4 saturated carbocycles.